The molecule has 0 radical (unpaired) electrons. The van der Waals surface area contributed by atoms with Gasteiger partial charge < -0.3 is 0 Å². The molecule has 7 nitrogen and oxygen atoms in total. The van der Waals surface area contributed by atoms with Crippen LogP contribution in [0.3, 0.4) is 0 Å². The maximum atomic E-state index is 13.2. The molecule has 0 saturated heterocycles. The van der Waals surface area contributed by atoms with Crippen LogP contribution in [0.1, 0.15) is 48.3 Å². The van der Waals surface area contributed by atoms with E-state index in [1.165, 1.54) is 9.55 Å². The zero-order valence-corrected chi connectivity index (χ0v) is 16.8. The van der Waals surface area contributed by atoms with Gasteiger partial charge >= 0.3 is 0 Å². The van der Waals surface area contributed by atoms with E-state index in [0.29, 0.717) is 17.1 Å². The minimum atomic E-state index is -0.528. The third-order valence-electron chi connectivity index (χ3n) is 5.33. The molecule has 8 heteroatoms. The second kappa shape index (κ2) is 6.60. The SMILES string of the molecule is Cc1ccnn1[C@@H](C)C(=O)Nn1c(C)nc2sc3c(c2c1=O)CC[C@H](C)C3. The lowest BCUT2D eigenvalue weighted by Crippen LogP contribution is -2.39. The largest absolute Gasteiger partial charge is 0.281 e. The fourth-order valence-corrected chi connectivity index (χ4v) is 5.14. The fraction of sp³-hybridized carbons (Fsp3) is 0.474. The highest BCUT2D eigenvalue weighted by Gasteiger charge is 2.25. The van der Waals surface area contributed by atoms with Crippen molar-refractivity contribution in [1.29, 1.82) is 0 Å². The Morgan fingerprint density at radius 2 is 2.19 bits per heavy atom. The molecule has 0 spiro atoms. The Morgan fingerprint density at radius 3 is 2.89 bits per heavy atom. The molecule has 1 aliphatic carbocycles. The van der Waals surface area contributed by atoms with Crippen LogP contribution in [-0.2, 0) is 17.6 Å². The number of thiophene rings is 1. The zero-order valence-electron chi connectivity index (χ0n) is 15.9. The molecule has 1 N–H and O–H groups in total. The number of aryl methyl sites for hydroxylation is 3. The van der Waals surface area contributed by atoms with Crippen LogP contribution in [-0.4, -0.2) is 25.3 Å². The van der Waals surface area contributed by atoms with Gasteiger partial charge in [-0.05, 0) is 57.6 Å². The number of amides is 1. The van der Waals surface area contributed by atoms with Crippen molar-refractivity contribution >= 4 is 27.5 Å². The average Bonchev–Trinajstić information content (AvgIpc) is 3.20. The van der Waals surface area contributed by atoms with Crippen molar-refractivity contribution in [3.05, 3.63) is 44.6 Å². The van der Waals surface area contributed by atoms with Gasteiger partial charge in [-0.3, -0.25) is 19.7 Å². The summed E-state index contributed by atoms with van der Waals surface area (Å²) in [7, 11) is 0. The van der Waals surface area contributed by atoms with Crippen LogP contribution in [0.15, 0.2) is 17.1 Å². The van der Waals surface area contributed by atoms with E-state index in [9.17, 15) is 9.59 Å². The molecule has 4 rings (SSSR count). The first-order valence-electron chi connectivity index (χ1n) is 9.21. The van der Waals surface area contributed by atoms with Gasteiger partial charge in [0.1, 0.15) is 16.7 Å². The van der Waals surface area contributed by atoms with Gasteiger partial charge in [0, 0.05) is 16.8 Å². The van der Waals surface area contributed by atoms with Gasteiger partial charge in [-0.2, -0.15) is 5.10 Å². The summed E-state index contributed by atoms with van der Waals surface area (Å²) >= 11 is 1.61. The van der Waals surface area contributed by atoms with E-state index in [0.717, 1.165) is 35.4 Å². The molecule has 2 atom stereocenters. The van der Waals surface area contributed by atoms with Crippen molar-refractivity contribution < 1.29 is 4.79 Å². The Morgan fingerprint density at radius 1 is 1.41 bits per heavy atom. The monoisotopic (exact) mass is 385 g/mol. The van der Waals surface area contributed by atoms with Crippen LogP contribution in [0.2, 0.25) is 0 Å². The summed E-state index contributed by atoms with van der Waals surface area (Å²) in [4.78, 5) is 32.5. The van der Waals surface area contributed by atoms with Crippen LogP contribution in [0.25, 0.3) is 10.2 Å². The van der Waals surface area contributed by atoms with Gasteiger partial charge in [0.15, 0.2) is 0 Å². The minimum absolute atomic E-state index is 0.192. The number of nitrogens with zero attached hydrogens (tertiary/aromatic N) is 4. The first kappa shape index (κ1) is 17.9. The highest BCUT2D eigenvalue weighted by molar-refractivity contribution is 7.18. The molecule has 0 bridgehead atoms. The Labute approximate surface area is 161 Å². The highest BCUT2D eigenvalue weighted by atomic mass is 32.1. The van der Waals surface area contributed by atoms with Crippen molar-refractivity contribution in [3.8, 4) is 0 Å². The number of aromatic nitrogens is 4. The van der Waals surface area contributed by atoms with E-state index < -0.39 is 6.04 Å². The Kier molecular flexibility index (Phi) is 4.38. The third kappa shape index (κ3) is 2.97. The minimum Gasteiger partial charge on any atom is -0.271 e. The molecule has 0 fully saturated rings. The van der Waals surface area contributed by atoms with Gasteiger partial charge in [0.05, 0.1) is 5.39 Å². The summed E-state index contributed by atoms with van der Waals surface area (Å²) in [6.07, 6.45) is 4.63. The van der Waals surface area contributed by atoms with E-state index in [1.807, 2.05) is 13.0 Å². The molecule has 0 aromatic carbocycles. The molecular weight excluding hydrogens is 362 g/mol. The fourth-order valence-electron chi connectivity index (χ4n) is 3.72. The van der Waals surface area contributed by atoms with Crippen molar-refractivity contribution in [2.75, 3.05) is 5.43 Å². The molecule has 1 aliphatic rings. The summed E-state index contributed by atoms with van der Waals surface area (Å²) in [5.41, 5.74) is 4.55. The van der Waals surface area contributed by atoms with Crippen molar-refractivity contribution in [1.82, 2.24) is 19.4 Å². The zero-order chi connectivity index (χ0) is 19.3. The van der Waals surface area contributed by atoms with E-state index in [-0.39, 0.29) is 11.5 Å². The van der Waals surface area contributed by atoms with Crippen LogP contribution in [0, 0.1) is 19.8 Å². The molecule has 3 aromatic rings. The molecule has 142 valence electrons. The molecular formula is C19H23N5O2S. The number of hydrogen-bond acceptors (Lipinski definition) is 5. The summed E-state index contributed by atoms with van der Waals surface area (Å²) < 4.78 is 2.92. The quantitative estimate of drug-likeness (QED) is 0.752. The number of carbonyl (C=O) groups excluding carboxylic acids is 1. The summed E-state index contributed by atoms with van der Waals surface area (Å²) in [5, 5.41) is 4.85. The lowest BCUT2D eigenvalue weighted by atomic mass is 9.89. The maximum Gasteiger partial charge on any atom is 0.281 e. The predicted molar refractivity (Wildman–Crippen MR) is 106 cm³/mol. The van der Waals surface area contributed by atoms with Gasteiger partial charge in [0.2, 0.25) is 0 Å². The standard InChI is InChI=1S/C19H23N5O2S/c1-10-5-6-14-15(9-10)27-18-16(14)19(26)24(13(4)21-18)22-17(25)12(3)23-11(2)7-8-20-23/h7-8,10,12H,5-6,9H2,1-4H3,(H,22,25)/t10-,12-/m0/s1. The van der Waals surface area contributed by atoms with Gasteiger partial charge in [-0.15, -0.1) is 11.3 Å². The van der Waals surface area contributed by atoms with E-state index >= 15 is 0 Å². The van der Waals surface area contributed by atoms with Crippen LogP contribution < -0.4 is 11.0 Å². The first-order chi connectivity index (χ1) is 12.9. The van der Waals surface area contributed by atoms with Crippen LogP contribution in [0.5, 0.6) is 0 Å². The van der Waals surface area contributed by atoms with Crippen molar-refractivity contribution in [2.45, 2.75) is 53.0 Å². The summed E-state index contributed by atoms with van der Waals surface area (Å²) in [6, 6.07) is 1.31. The molecule has 3 heterocycles. The molecule has 1 amide bonds. The van der Waals surface area contributed by atoms with Crippen molar-refractivity contribution in [2.24, 2.45) is 5.92 Å². The van der Waals surface area contributed by atoms with Gasteiger partial charge in [-0.1, -0.05) is 6.92 Å². The molecule has 0 unspecified atom stereocenters. The number of nitrogens with one attached hydrogen (secondary N) is 1. The lowest BCUT2D eigenvalue weighted by Gasteiger charge is -2.18. The molecule has 0 saturated carbocycles. The van der Waals surface area contributed by atoms with E-state index in [1.54, 1.807) is 36.1 Å². The van der Waals surface area contributed by atoms with Crippen LogP contribution >= 0.6 is 11.3 Å². The number of carbonyl (C=O) groups is 1. The Bertz CT molecular complexity index is 1090. The van der Waals surface area contributed by atoms with E-state index in [2.05, 4.69) is 22.4 Å². The molecule has 3 aromatic heterocycles. The Hall–Kier alpha value is -2.48. The average molecular weight is 385 g/mol. The summed E-state index contributed by atoms with van der Waals surface area (Å²) in [5.74, 6) is 0.814. The topological polar surface area (TPSA) is 81.8 Å². The predicted octanol–water partition coefficient (Wildman–Crippen LogP) is 2.73. The molecule has 27 heavy (non-hydrogen) atoms. The van der Waals surface area contributed by atoms with Gasteiger partial charge in [-0.25, -0.2) is 9.66 Å². The smallest absolute Gasteiger partial charge is 0.271 e. The number of rotatable bonds is 3. The summed E-state index contributed by atoms with van der Waals surface area (Å²) in [6.45, 7) is 7.63. The van der Waals surface area contributed by atoms with E-state index in [4.69, 9.17) is 0 Å². The highest BCUT2D eigenvalue weighted by Crippen LogP contribution is 2.35. The Balaban J connectivity index is 1.73. The normalized spacial score (nSPS) is 17.7. The maximum absolute atomic E-state index is 13.2. The van der Waals surface area contributed by atoms with Gasteiger partial charge in [0.25, 0.3) is 11.5 Å². The second-order valence-corrected chi connectivity index (χ2v) is 8.48. The lowest BCUT2D eigenvalue weighted by molar-refractivity contribution is -0.120. The second-order valence-electron chi connectivity index (χ2n) is 7.40. The molecule has 0 aliphatic heterocycles. The first-order valence-corrected chi connectivity index (χ1v) is 10.0. The van der Waals surface area contributed by atoms with Crippen molar-refractivity contribution in [3.63, 3.8) is 0 Å². The third-order valence-corrected chi connectivity index (χ3v) is 6.48. The van der Waals surface area contributed by atoms with Crippen LogP contribution in [0.4, 0.5) is 0 Å². The number of fused-ring (bicyclic) bond motifs is 3. The number of hydrogen-bond donors (Lipinski definition) is 1.